The Morgan fingerprint density at radius 3 is 2.27 bits per heavy atom. The van der Waals surface area contributed by atoms with Crippen molar-refractivity contribution in [1.82, 2.24) is 15.1 Å². The fourth-order valence-electron chi connectivity index (χ4n) is 5.69. The number of likely N-dealkylation sites (N-methyl/N-ethyl adjacent to an activating group) is 1. The number of alkyl halides is 3. The predicted molar refractivity (Wildman–Crippen MR) is 172 cm³/mol. The molecule has 4 aromatic rings. The predicted octanol–water partition coefficient (Wildman–Crippen LogP) is 6.26. The molecule has 3 atom stereocenters. The Labute approximate surface area is 279 Å². The van der Waals surface area contributed by atoms with E-state index in [1.54, 1.807) is 58.0 Å². The number of anilines is 1. The van der Waals surface area contributed by atoms with Crippen molar-refractivity contribution in [1.29, 1.82) is 0 Å². The molecule has 1 aromatic heterocycles. The van der Waals surface area contributed by atoms with Gasteiger partial charge in [-0.15, -0.1) is 0 Å². The number of fused-ring (bicyclic) bond motifs is 1. The maximum atomic E-state index is 14.4. The van der Waals surface area contributed by atoms with Crippen molar-refractivity contribution in [3.63, 3.8) is 0 Å². The fourth-order valence-corrected chi connectivity index (χ4v) is 5.69. The van der Waals surface area contributed by atoms with E-state index in [1.165, 1.54) is 27.8 Å². The summed E-state index contributed by atoms with van der Waals surface area (Å²) in [5, 5.41) is 19.0. The summed E-state index contributed by atoms with van der Waals surface area (Å²) in [6.45, 7) is 10.4. The largest absolute Gasteiger partial charge is 0.457 e. The summed E-state index contributed by atoms with van der Waals surface area (Å²) in [4.78, 5) is 42.4. The van der Waals surface area contributed by atoms with E-state index in [0.29, 0.717) is 17.3 Å². The minimum Gasteiger partial charge on any atom is -0.457 e. The van der Waals surface area contributed by atoms with Gasteiger partial charge in [-0.25, -0.2) is 13.9 Å². The molecule has 3 aromatic carbocycles. The molecular weight excluding hydrogens is 644 g/mol. The standard InChI is InChI=1S/C36H34F4N4O5/c1-6-43-32-27(28(42-44(32)25-13-8-7-9-14-25)30(45)20(2)34(48)49-35(3,4)5)26(21-15-17-24(37)18-16-21)29(33(43)47)41-31(46)22-11-10-12-23(19-22)36(38,39)40/h7-19,26,29-30,45H,2,6H2,1,3-5H3,(H,41,46)/t26-,29-,30+/m0/s1. The van der Waals surface area contributed by atoms with Crippen LogP contribution in [-0.4, -0.2) is 50.9 Å². The third-order valence-electron chi connectivity index (χ3n) is 7.89. The number of aliphatic hydroxyl groups is 1. The van der Waals surface area contributed by atoms with E-state index >= 15 is 0 Å². The molecule has 49 heavy (non-hydrogen) atoms. The van der Waals surface area contributed by atoms with E-state index in [4.69, 9.17) is 9.84 Å². The number of hydrogen-bond donors (Lipinski definition) is 2. The molecule has 0 saturated carbocycles. The van der Waals surface area contributed by atoms with Crippen LogP contribution in [0.2, 0.25) is 0 Å². The number of aliphatic hydroxyl groups excluding tert-OH is 1. The summed E-state index contributed by atoms with van der Waals surface area (Å²) in [5.41, 5.74) is -1.82. The van der Waals surface area contributed by atoms with Crippen LogP contribution >= 0.6 is 0 Å². The molecule has 0 saturated heterocycles. The molecule has 0 radical (unpaired) electrons. The monoisotopic (exact) mass is 678 g/mol. The molecule has 0 fully saturated rings. The lowest BCUT2D eigenvalue weighted by Gasteiger charge is -2.38. The van der Waals surface area contributed by atoms with Crippen molar-refractivity contribution in [2.45, 2.75) is 57.5 Å². The van der Waals surface area contributed by atoms with Gasteiger partial charge in [-0.05, 0) is 75.7 Å². The van der Waals surface area contributed by atoms with Crippen molar-refractivity contribution in [2.24, 2.45) is 0 Å². The van der Waals surface area contributed by atoms with Crippen molar-refractivity contribution < 1.29 is 41.8 Å². The number of benzene rings is 3. The second-order valence-electron chi connectivity index (χ2n) is 12.4. The zero-order valence-electron chi connectivity index (χ0n) is 27.1. The second kappa shape index (κ2) is 13.3. The topological polar surface area (TPSA) is 114 Å². The van der Waals surface area contributed by atoms with Crippen molar-refractivity contribution in [2.75, 3.05) is 11.4 Å². The zero-order chi connectivity index (χ0) is 35.8. The van der Waals surface area contributed by atoms with E-state index < -0.39 is 59.0 Å². The number of esters is 1. The number of aromatic nitrogens is 2. The number of para-hydroxylation sites is 1. The molecule has 2 amide bonds. The lowest BCUT2D eigenvalue weighted by atomic mass is 9.79. The Kier molecular flexibility index (Phi) is 9.51. The summed E-state index contributed by atoms with van der Waals surface area (Å²) >= 11 is 0. The Balaban J connectivity index is 1.74. The van der Waals surface area contributed by atoms with Crippen LogP contribution in [-0.2, 0) is 20.5 Å². The number of nitrogens with one attached hydrogen (secondary N) is 1. The van der Waals surface area contributed by atoms with Gasteiger partial charge in [0.1, 0.15) is 35.1 Å². The highest BCUT2D eigenvalue weighted by Gasteiger charge is 2.48. The first-order chi connectivity index (χ1) is 23.0. The average molecular weight is 679 g/mol. The third-order valence-corrected chi connectivity index (χ3v) is 7.89. The summed E-state index contributed by atoms with van der Waals surface area (Å²) in [5.74, 6) is -4.10. The molecule has 5 rings (SSSR count). The minimum absolute atomic E-state index is 0.0406. The highest BCUT2D eigenvalue weighted by Crippen LogP contribution is 2.46. The normalized spacial score (nSPS) is 16.9. The lowest BCUT2D eigenvalue weighted by Crippen LogP contribution is -2.55. The van der Waals surface area contributed by atoms with Gasteiger partial charge in [0.2, 0.25) is 0 Å². The Morgan fingerprint density at radius 2 is 1.67 bits per heavy atom. The molecule has 1 aliphatic heterocycles. The van der Waals surface area contributed by atoms with Crippen LogP contribution in [0.1, 0.15) is 72.5 Å². The van der Waals surface area contributed by atoms with Gasteiger partial charge >= 0.3 is 12.1 Å². The Bertz CT molecular complexity index is 1900. The molecule has 256 valence electrons. The summed E-state index contributed by atoms with van der Waals surface area (Å²) < 4.78 is 61.6. The quantitative estimate of drug-likeness (QED) is 0.129. The smallest absolute Gasteiger partial charge is 0.416 e. The SMILES string of the molecule is C=C(C(=O)OC(C)(C)C)[C@@H](O)c1nn(-c2ccccc2)c2c1[C@H](c1ccc(F)cc1)[C@H](NC(=O)c1cccc(C(F)(F)F)c1)C(=O)N2CC. The number of nitrogens with zero attached hydrogens (tertiary/aromatic N) is 3. The number of hydrogen-bond acceptors (Lipinski definition) is 6. The van der Waals surface area contributed by atoms with Crippen LogP contribution in [0.25, 0.3) is 5.69 Å². The van der Waals surface area contributed by atoms with Gasteiger partial charge in [0.15, 0.2) is 0 Å². The van der Waals surface area contributed by atoms with E-state index in [1.807, 2.05) is 0 Å². The van der Waals surface area contributed by atoms with Gasteiger partial charge in [0, 0.05) is 23.6 Å². The first kappa shape index (κ1) is 35.0. The van der Waals surface area contributed by atoms with E-state index in [-0.39, 0.29) is 34.8 Å². The van der Waals surface area contributed by atoms with Gasteiger partial charge in [0.25, 0.3) is 11.8 Å². The average Bonchev–Trinajstić information content (AvgIpc) is 3.44. The number of ether oxygens (including phenoxy) is 1. The molecule has 0 bridgehead atoms. The summed E-state index contributed by atoms with van der Waals surface area (Å²) in [6, 6.07) is 16.0. The van der Waals surface area contributed by atoms with Crippen LogP contribution in [0, 0.1) is 5.82 Å². The van der Waals surface area contributed by atoms with Gasteiger partial charge < -0.3 is 15.2 Å². The summed E-state index contributed by atoms with van der Waals surface area (Å²) in [7, 11) is 0. The molecule has 13 heteroatoms. The van der Waals surface area contributed by atoms with Crippen LogP contribution in [0.5, 0.6) is 0 Å². The number of rotatable bonds is 8. The molecule has 2 N–H and O–H groups in total. The number of carbonyl (C=O) groups is 3. The van der Waals surface area contributed by atoms with Crippen LogP contribution < -0.4 is 10.2 Å². The van der Waals surface area contributed by atoms with Gasteiger partial charge in [-0.3, -0.25) is 14.5 Å². The number of amides is 2. The highest BCUT2D eigenvalue weighted by atomic mass is 19.4. The first-order valence-corrected chi connectivity index (χ1v) is 15.3. The van der Waals surface area contributed by atoms with Crippen molar-refractivity contribution >= 4 is 23.6 Å². The molecule has 1 aliphatic rings. The first-order valence-electron chi connectivity index (χ1n) is 15.3. The van der Waals surface area contributed by atoms with E-state index in [9.17, 15) is 37.1 Å². The molecule has 0 unspecified atom stereocenters. The third kappa shape index (κ3) is 7.12. The van der Waals surface area contributed by atoms with E-state index in [0.717, 1.165) is 24.3 Å². The van der Waals surface area contributed by atoms with Crippen LogP contribution in [0.4, 0.5) is 23.4 Å². The zero-order valence-corrected chi connectivity index (χ0v) is 27.1. The maximum Gasteiger partial charge on any atom is 0.416 e. The Hall–Kier alpha value is -5.30. The maximum absolute atomic E-state index is 14.4. The van der Waals surface area contributed by atoms with Gasteiger partial charge in [-0.1, -0.05) is 43.0 Å². The minimum atomic E-state index is -4.73. The molecular formula is C36H34F4N4O5. The highest BCUT2D eigenvalue weighted by molar-refractivity contribution is 6.05. The molecule has 0 spiro atoms. The Morgan fingerprint density at radius 1 is 1.02 bits per heavy atom. The molecule has 9 nitrogen and oxygen atoms in total. The van der Waals surface area contributed by atoms with Gasteiger partial charge in [0.05, 0.1) is 16.8 Å². The lowest BCUT2D eigenvalue weighted by molar-refractivity contribution is -0.151. The van der Waals surface area contributed by atoms with E-state index in [2.05, 4.69) is 11.9 Å². The number of halogens is 4. The van der Waals surface area contributed by atoms with Crippen molar-refractivity contribution in [3.8, 4) is 5.69 Å². The summed E-state index contributed by atoms with van der Waals surface area (Å²) in [6.07, 6.45) is -6.50. The fraction of sp³-hybridized carbons (Fsp3) is 0.278. The number of carbonyl (C=O) groups excluding carboxylic acids is 3. The second-order valence-corrected chi connectivity index (χ2v) is 12.4. The molecule has 0 aliphatic carbocycles. The van der Waals surface area contributed by atoms with Gasteiger partial charge in [-0.2, -0.15) is 18.3 Å². The van der Waals surface area contributed by atoms with Crippen LogP contribution in [0.15, 0.2) is 91.0 Å². The van der Waals surface area contributed by atoms with Crippen LogP contribution in [0.3, 0.4) is 0 Å². The van der Waals surface area contributed by atoms with Crippen molar-refractivity contribution in [3.05, 3.63) is 125 Å². The molecule has 2 heterocycles.